The van der Waals surface area contributed by atoms with Crippen molar-refractivity contribution in [2.45, 2.75) is 39.6 Å². The predicted molar refractivity (Wildman–Crippen MR) is 81.8 cm³/mol. The van der Waals surface area contributed by atoms with E-state index in [-0.39, 0.29) is 12.6 Å². The van der Waals surface area contributed by atoms with Gasteiger partial charge in [-0.25, -0.2) is 9.78 Å². The number of allylic oxidation sites excluding steroid dienone is 1. The van der Waals surface area contributed by atoms with E-state index in [0.29, 0.717) is 5.88 Å². The highest BCUT2D eigenvalue weighted by molar-refractivity contribution is 6.88. The minimum Gasteiger partial charge on any atom is -0.481 e. The van der Waals surface area contributed by atoms with Crippen molar-refractivity contribution in [3.63, 3.8) is 0 Å². The first-order chi connectivity index (χ1) is 9.36. The zero-order valence-electron chi connectivity index (χ0n) is 12.7. The van der Waals surface area contributed by atoms with E-state index in [2.05, 4.69) is 30.7 Å². The first kappa shape index (κ1) is 14.8. The summed E-state index contributed by atoms with van der Waals surface area (Å²) in [7, 11) is 0.0497. The predicted octanol–water partition coefficient (Wildman–Crippen LogP) is 2.49. The molecular weight excluding hydrogens is 270 g/mol. The molecule has 4 nitrogen and oxygen atoms in total. The van der Waals surface area contributed by atoms with Gasteiger partial charge >= 0.3 is 5.97 Å². The fraction of sp³-hybridized carbons (Fsp3) is 0.467. The van der Waals surface area contributed by atoms with Crippen molar-refractivity contribution in [1.82, 2.24) is 4.98 Å². The SMILES string of the molecule is CCC1=CC(=O)OCc2c1cc([Si](C)(C)C)nc2OC. The molecule has 0 radical (unpaired) electrons. The molecule has 1 aliphatic heterocycles. The highest BCUT2D eigenvalue weighted by Gasteiger charge is 2.26. The third-order valence-electron chi connectivity index (χ3n) is 3.43. The fourth-order valence-electron chi connectivity index (χ4n) is 2.22. The molecular formula is C15H21NO3Si. The van der Waals surface area contributed by atoms with Crippen LogP contribution in [0.5, 0.6) is 5.88 Å². The Kier molecular flexibility index (Phi) is 3.99. The fourth-order valence-corrected chi connectivity index (χ4v) is 3.24. The normalized spacial score (nSPS) is 15.1. The average Bonchev–Trinajstić information content (AvgIpc) is 2.56. The molecule has 0 saturated heterocycles. The molecule has 1 aliphatic rings. The molecule has 0 spiro atoms. The van der Waals surface area contributed by atoms with Gasteiger partial charge in [0.05, 0.1) is 12.7 Å². The molecule has 108 valence electrons. The second kappa shape index (κ2) is 5.40. The van der Waals surface area contributed by atoms with Gasteiger partial charge in [0.25, 0.3) is 0 Å². The monoisotopic (exact) mass is 291 g/mol. The van der Waals surface area contributed by atoms with Gasteiger partial charge in [-0.15, -0.1) is 0 Å². The van der Waals surface area contributed by atoms with E-state index < -0.39 is 8.07 Å². The minimum atomic E-state index is -1.56. The van der Waals surface area contributed by atoms with E-state index in [1.807, 2.05) is 6.92 Å². The van der Waals surface area contributed by atoms with Gasteiger partial charge in [0, 0.05) is 11.4 Å². The number of methoxy groups -OCH3 is 1. The van der Waals surface area contributed by atoms with Gasteiger partial charge in [0.15, 0.2) is 0 Å². The summed E-state index contributed by atoms with van der Waals surface area (Å²) in [6.45, 7) is 8.99. The minimum absolute atomic E-state index is 0.219. The van der Waals surface area contributed by atoms with Crippen LogP contribution < -0.4 is 10.1 Å². The van der Waals surface area contributed by atoms with Crippen LogP contribution in [-0.2, 0) is 16.1 Å². The topological polar surface area (TPSA) is 48.4 Å². The second-order valence-electron chi connectivity index (χ2n) is 5.92. The number of nitrogens with zero attached hydrogens (tertiary/aromatic N) is 1. The molecule has 0 unspecified atom stereocenters. The first-order valence-corrected chi connectivity index (χ1v) is 10.3. The van der Waals surface area contributed by atoms with E-state index in [0.717, 1.165) is 28.4 Å². The van der Waals surface area contributed by atoms with Crippen molar-refractivity contribution >= 4 is 24.9 Å². The smallest absolute Gasteiger partial charge is 0.331 e. The van der Waals surface area contributed by atoms with E-state index >= 15 is 0 Å². The molecule has 1 aromatic rings. The number of carbonyl (C=O) groups excluding carboxylic acids is 1. The number of ether oxygens (including phenoxy) is 2. The molecule has 0 fully saturated rings. The van der Waals surface area contributed by atoms with E-state index in [4.69, 9.17) is 9.47 Å². The Morgan fingerprint density at radius 2 is 2.10 bits per heavy atom. The number of aromatic nitrogens is 1. The largest absolute Gasteiger partial charge is 0.481 e. The summed E-state index contributed by atoms with van der Waals surface area (Å²) in [5, 5.41) is 1.08. The molecule has 0 atom stereocenters. The highest BCUT2D eigenvalue weighted by atomic mass is 28.3. The van der Waals surface area contributed by atoms with E-state index in [1.165, 1.54) is 0 Å². The highest BCUT2D eigenvalue weighted by Crippen LogP contribution is 2.30. The maximum absolute atomic E-state index is 11.7. The molecule has 0 amide bonds. The number of esters is 1. The van der Waals surface area contributed by atoms with Crippen molar-refractivity contribution < 1.29 is 14.3 Å². The number of rotatable bonds is 3. The Balaban J connectivity index is 2.69. The molecule has 2 rings (SSSR count). The van der Waals surface area contributed by atoms with Crippen LogP contribution in [0.3, 0.4) is 0 Å². The van der Waals surface area contributed by atoms with Crippen LogP contribution in [0.2, 0.25) is 19.6 Å². The molecule has 0 aromatic carbocycles. The van der Waals surface area contributed by atoms with Gasteiger partial charge < -0.3 is 9.47 Å². The summed E-state index contributed by atoms with van der Waals surface area (Å²) in [4.78, 5) is 16.3. The van der Waals surface area contributed by atoms with Crippen LogP contribution >= 0.6 is 0 Å². The number of pyridine rings is 1. The molecule has 0 N–H and O–H groups in total. The van der Waals surface area contributed by atoms with E-state index in [1.54, 1.807) is 13.2 Å². The molecule has 20 heavy (non-hydrogen) atoms. The van der Waals surface area contributed by atoms with Crippen LogP contribution in [0.25, 0.3) is 5.57 Å². The van der Waals surface area contributed by atoms with Gasteiger partial charge in [-0.05, 0) is 23.6 Å². The summed E-state index contributed by atoms with van der Waals surface area (Å²) in [5.41, 5.74) is 2.90. The standard InChI is InChI=1S/C15H21NO3Si/c1-6-10-7-14(17)19-9-12-11(10)8-13(20(3,4)5)16-15(12)18-2/h7-8H,6,9H2,1-5H3. The van der Waals surface area contributed by atoms with Crippen molar-refractivity contribution in [3.8, 4) is 5.88 Å². The van der Waals surface area contributed by atoms with Crippen molar-refractivity contribution in [1.29, 1.82) is 0 Å². The molecule has 2 heterocycles. The van der Waals surface area contributed by atoms with Gasteiger partial charge in [-0.1, -0.05) is 26.6 Å². The van der Waals surface area contributed by atoms with Crippen LogP contribution in [-0.4, -0.2) is 26.1 Å². The third-order valence-corrected chi connectivity index (χ3v) is 5.22. The number of fused-ring (bicyclic) bond motifs is 1. The number of cyclic esters (lactones) is 1. The van der Waals surface area contributed by atoms with Crippen LogP contribution in [0.4, 0.5) is 0 Å². The first-order valence-electron chi connectivity index (χ1n) is 6.83. The van der Waals surface area contributed by atoms with Crippen LogP contribution in [0, 0.1) is 0 Å². The Hall–Kier alpha value is -1.62. The Morgan fingerprint density at radius 3 is 2.65 bits per heavy atom. The maximum Gasteiger partial charge on any atom is 0.331 e. The molecule has 0 aliphatic carbocycles. The zero-order chi connectivity index (χ0) is 14.9. The number of hydrogen-bond donors (Lipinski definition) is 0. The van der Waals surface area contributed by atoms with Gasteiger partial charge in [-0.2, -0.15) is 0 Å². The lowest BCUT2D eigenvalue weighted by Crippen LogP contribution is -2.40. The summed E-state index contributed by atoms with van der Waals surface area (Å²) < 4.78 is 10.6. The van der Waals surface area contributed by atoms with Gasteiger partial charge in [0.2, 0.25) is 5.88 Å². The zero-order valence-corrected chi connectivity index (χ0v) is 13.7. The summed E-state index contributed by atoms with van der Waals surface area (Å²) >= 11 is 0. The van der Waals surface area contributed by atoms with Crippen LogP contribution in [0.15, 0.2) is 12.1 Å². The quantitative estimate of drug-likeness (QED) is 0.634. The Bertz CT molecular complexity index is 573. The summed E-state index contributed by atoms with van der Waals surface area (Å²) in [6, 6.07) is 2.11. The van der Waals surface area contributed by atoms with Crippen molar-refractivity contribution in [2.75, 3.05) is 7.11 Å². The lowest BCUT2D eigenvalue weighted by atomic mass is 10.00. The van der Waals surface area contributed by atoms with Crippen LogP contribution in [0.1, 0.15) is 24.5 Å². The van der Waals surface area contributed by atoms with Crippen molar-refractivity contribution in [2.24, 2.45) is 0 Å². The van der Waals surface area contributed by atoms with Crippen molar-refractivity contribution in [3.05, 3.63) is 23.3 Å². The van der Waals surface area contributed by atoms with Gasteiger partial charge in [-0.3, -0.25) is 0 Å². The molecule has 0 saturated carbocycles. The maximum atomic E-state index is 11.7. The summed E-state index contributed by atoms with van der Waals surface area (Å²) in [5.74, 6) is 0.281. The number of hydrogen-bond acceptors (Lipinski definition) is 4. The summed E-state index contributed by atoms with van der Waals surface area (Å²) in [6.07, 6.45) is 2.36. The Labute approximate surface area is 120 Å². The van der Waals surface area contributed by atoms with Gasteiger partial charge in [0.1, 0.15) is 14.7 Å². The Morgan fingerprint density at radius 1 is 1.40 bits per heavy atom. The second-order valence-corrected chi connectivity index (χ2v) is 10.9. The molecule has 5 heteroatoms. The lowest BCUT2D eigenvalue weighted by Gasteiger charge is -2.20. The lowest BCUT2D eigenvalue weighted by molar-refractivity contribution is -0.138. The number of carbonyl (C=O) groups is 1. The third kappa shape index (κ3) is 2.77. The molecule has 1 aromatic heterocycles. The van der Waals surface area contributed by atoms with E-state index in [9.17, 15) is 4.79 Å². The molecule has 0 bridgehead atoms. The average molecular weight is 291 g/mol.